The summed E-state index contributed by atoms with van der Waals surface area (Å²) < 4.78 is 18.3. The lowest BCUT2D eigenvalue weighted by atomic mass is 10.0. The van der Waals surface area contributed by atoms with Crippen molar-refractivity contribution < 1.29 is 9.13 Å². The molecule has 2 aromatic rings. The molecule has 0 aliphatic heterocycles. The van der Waals surface area contributed by atoms with E-state index in [-0.39, 0.29) is 17.9 Å². The molecule has 0 spiro atoms. The van der Waals surface area contributed by atoms with E-state index in [9.17, 15) is 4.39 Å². The lowest BCUT2D eigenvalue weighted by molar-refractivity contribution is 0.395. The maximum absolute atomic E-state index is 12.9. The maximum Gasteiger partial charge on any atom is 0.123 e. The minimum atomic E-state index is -0.193. The van der Waals surface area contributed by atoms with Gasteiger partial charge in [-0.1, -0.05) is 30.3 Å². The van der Waals surface area contributed by atoms with Gasteiger partial charge in [-0.3, -0.25) is 0 Å². The average molecular weight is 287 g/mol. The fourth-order valence-corrected chi connectivity index (χ4v) is 2.57. The van der Waals surface area contributed by atoms with Crippen molar-refractivity contribution in [1.82, 2.24) is 5.32 Å². The summed E-state index contributed by atoms with van der Waals surface area (Å²) in [6, 6.07) is 15.2. The van der Waals surface area contributed by atoms with Gasteiger partial charge in [0.2, 0.25) is 0 Å². The first-order chi connectivity index (χ1) is 10.1. The Bertz CT molecular complexity index is 568. The van der Waals surface area contributed by atoms with Gasteiger partial charge in [0.05, 0.1) is 7.11 Å². The summed E-state index contributed by atoms with van der Waals surface area (Å²) in [5.74, 6) is 0.702. The molecule has 0 heterocycles. The monoisotopic (exact) mass is 287 g/mol. The normalized spacial score (nSPS) is 13.7. The zero-order valence-electron chi connectivity index (χ0n) is 12.8. The number of methoxy groups -OCH3 is 1. The van der Waals surface area contributed by atoms with Gasteiger partial charge in [0.1, 0.15) is 11.6 Å². The van der Waals surface area contributed by atoms with Crippen LogP contribution < -0.4 is 10.1 Å². The predicted molar refractivity (Wildman–Crippen MR) is 84.1 cm³/mol. The molecule has 0 aliphatic rings. The van der Waals surface area contributed by atoms with Crippen LogP contribution in [0.3, 0.4) is 0 Å². The zero-order chi connectivity index (χ0) is 15.2. The Labute approximate surface area is 126 Å². The second-order valence-corrected chi connectivity index (χ2v) is 5.36. The van der Waals surface area contributed by atoms with Gasteiger partial charge >= 0.3 is 0 Å². The highest BCUT2D eigenvalue weighted by Crippen LogP contribution is 2.24. The summed E-state index contributed by atoms with van der Waals surface area (Å²) in [4.78, 5) is 0. The van der Waals surface area contributed by atoms with Crippen molar-refractivity contribution in [2.75, 3.05) is 7.11 Å². The molecule has 1 N–H and O–H groups in total. The molecule has 21 heavy (non-hydrogen) atoms. The molecule has 2 atom stereocenters. The van der Waals surface area contributed by atoms with Crippen LogP contribution in [0.4, 0.5) is 4.39 Å². The van der Waals surface area contributed by atoms with Gasteiger partial charge in [0.15, 0.2) is 0 Å². The van der Waals surface area contributed by atoms with Crippen LogP contribution in [0.1, 0.15) is 31.0 Å². The molecular weight excluding hydrogens is 265 g/mol. The third-order valence-corrected chi connectivity index (χ3v) is 3.60. The van der Waals surface area contributed by atoms with Crippen LogP contribution in [0, 0.1) is 5.82 Å². The first-order valence-electron chi connectivity index (χ1n) is 7.23. The number of halogens is 1. The van der Waals surface area contributed by atoms with Crippen molar-refractivity contribution in [2.45, 2.75) is 32.4 Å². The van der Waals surface area contributed by atoms with Crippen LogP contribution in [0.15, 0.2) is 48.5 Å². The Morgan fingerprint density at radius 2 is 1.71 bits per heavy atom. The molecule has 1 unspecified atom stereocenters. The first-order valence-corrected chi connectivity index (χ1v) is 7.23. The second kappa shape index (κ2) is 7.23. The van der Waals surface area contributed by atoms with Crippen molar-refractivity contribution >= 4 is 0 Å². The molecule has 0 saturated carbocycles. The molecule has 112 valence electrons. The zero-order valence-corrected chi connectivity index (χ0v) is 12.8. The van der Waals surface area contributed by atoms with Crippen molar-refractivity contribution in [2.24, 2.45) is 0 Å². The van der Waals surface area contributed by atoms with Crippen LogP contribution in [-0.4, -0.2) is 13.2 Å². The molecule has 2 aromatic carbocycles. The van der Waals surface area contributed by atoms with Gasteiger partial charge in [0, 0.05) is 17.6 Å². The smallest absolute Gasteiger partial charge is 0.123 e. The van der Waals surface area contributed by atoms with Gasteiger partial charge in [0.25, 0.3) is 0 Å². The Morgan fingerprint density at radius 1 is 1.05 bits per heavy atom. The number of para-hydroxylation sites is 1. The molecule has 0 radical (unpaired) electrons. The van der Waals surface area contributed by atoms with E-state index < -0.39 is 0 Å². The molecule has 3 heteroatoms. The molecule has 0 saturated heterocycles. The first kappa shape index (κ1) is 15.5. The predicted octanol–water partition coefficient (Wildman–Crippen LogP) is 4.12. The SMILES string of the molecule is COc1ccccc1[C@@H](C)NC(C)Cc1ccc(F)cc1. The Hall–Kier alpha value is -1.87. The number of benzene rings is 2. The standard InChI is InChI=1S/C18H22FNO/c1-13(12-15-8-10-16(19)11-9-15)20-14(2)17-6-4-5-7-18(17)21-3/h4-11,13-14,20H,12H2,1-3H3/t13?,14-/m1/s1. The third kappa shape index (κ3) is 4.30. The summed E-state index contributed by atoms with van der Waals surface area (Å²) in [6.07, 6.45) is 0.861. The highest BCUT2D eigenvalue weighted by atomic mass is 19.1. The van der Waals surface area contributed by atoms with Crippen molar-refractivity contribution in [1.29, 1.82) is 0 Å². The van der Waals surface area contributed by atoms with Gasteiger partial charge in [-0.05, 0) is 44.0 Å². The maximum atomic E-state index is 12.9. The van der Waals surface area contributed by atoms with E-state index in [1.165, 1.54) is 12.1 Å². The summed E-state index contributed by atoms with van der Waals surface area (Å²) in [7, 11) is 1.69. The fourth-order valence-electron chi connectivity index (χ4n) is 2.57. The number of rotatable bonds is 6. The van der Waals surface area contributed by atoms with Gasteiger partial charge in [-0.2, -0.15) is 0 Å². The van der Waals surface area contributed by atoms with Gasteiger partial charge in [-0.25, -0.2) is 4.39 Å². The van der Waals surface area contributed by atoms with E-state index in [0.717, 1.165) is 23.3 Å². The van der Waals surface area contributed by atoms with E-state index in [2.05, 4.69) is 25.2 Å². The Morgan fingerprint density at radius 3 is 2.38 bits per heavy atom. The topological polar surface area (TPSA) is 21.3 Å². The number of hydrogen-bond acceptors (Lipinski definition) is 2. The minimum absolute atomic E-state index is 0.191. The van der Waals surface area contributed by atoms with Crippen LogP contribution in [0.5, 0.6) is 5.75 Å². The third-order valence-electron chi connectivity index (χ3n) is 3.60. The van der Waals surface area contributed by atoms with E-state index in [1.807, 2.05) is 30.3 Å². The average Bonchev–Trinajstić information content (AvgIpc) is 2.49. The highest BCUT2D eigenvalue weighted by Gasteiger charge is 2.13. The van der Waals surface area contributed by atoms with Crippen molar-refractivity contribution in [3.8, 4) is 5.75 Å². The molecule has 0 aliphatic carbocycles. The van der Waals surface area contributed by atoms with E-state index in [0.29, 0.717) is 0 Å². The number of hydrogen-bond donors (Lipinski definition) is 1. The molecule has 0 bridgehead atoms. The van der Waals surface area contributed by atoms with Gasteiger partial charge < -0.3 is 10.1 Å². The second-order valence-electron chi connectivity index (χ2n) is 5.36. The molecular formula is C18H22FNO. The van der Waals surface area contributed by atoms with E-state index in [4.69, 9.17) is 4.74 Å². The number of ether oxygens (including phenoxy) is 1. The highest BCUT2D eigenvalue weighted by molar-refractivity contribution is 5.35. The van der Waals surface area contributed by atoms with Crippen molar-refractivity contribution in [3.63, 3.8) is 0 Å². The largest absolute Gasteiger partial charge is 0.496 e. The lowest BCUT2D eigenvalue weighted by Gasteiger charge is -2.22. The van der Waals surface area contributed by atoms with Crippen LogP contribution >= 0.6 is 0 Å². The quantitative estimate of drug-likeness (QED) is 0.863. The summed E-state index contributed by atoms with van der Waals surface area (Å²) >= 11 is 0. The molecule has 0 amide bonds. The summed E-state index contributed by atoms with van der Waals surface area (Å²) in [6.45, 7) is 4.26. The van der Waals surface area contributed by atoms with E-state index >= 15 is 0 Å². The molecule has 0 fully saturated rings. The van der Waals surface area contributed by atoms with Crippen LogP contribution in [0.25, 0.3) is 0 Å². The Kier molecular flexibility index (Phi) is 5.34. The molecule has 2 nitrogen and oxygen atoms in total. The lowest BCUT2D eigenvalue weighted by Crippen LogP contribution is -2.30. The summed E-state index contributed by atoms with van der Waals surface area (Å²) in [5.41, 5.74) is 2.27. The number of nitrogens with one attached hydrogen (secondary N) is 1. The molecule has 0 aromatic heterocycles. The molecule has 2 rings (SSSR count). The fraction of sp³-hybridized carbons (Fsp3) is 0.333. The minimum Gasteiger partial charge on any atom is -0.496 e. The van der Waals surface area contributed by atoms with E-state index in [1.54, 1.807) is 7.11 Å². The van der Waals surface area contributed by atoms with Crippen LogP contribution in [-0.2, 0) is 6.42 Å². The summed E-state index contributed by atoms with van der Waals surface area (Å²) in [5, 5.41) is 3.56. The van der Waals surface area contributed by atoms with Crippen LogP contribution in [0.2, 0.25) is 0 Å². The van der Waals surface area contributed by atoms with Crippen molar-refractivity contribution in [3.05, 3.63) is 65.5 Å². The Balaban J connectivity index is 1.98. The van der Waals surface area contributed by atoms with Gasteiger partial charge in [-0.15, -0.1) is 0 Å².